The standard InChI is InChI=1S/C21H27N5/c1-6-9-19(22-14-18-11-8-7-10-16(18)4)24-21(17(5)15(2)3)25-20-12-13-23-26-20/h7-13,22H,2,5-6,14H2,1,3-4H3,(H2,23,24,25,26)/b19-9+. The zero-order valence-corrected chi connectivity index (χ0v) is 15.8. The minimum Gasteiger partial charge on any atom is -0.366 e. The summed E-state index contributed by atoms with van der Waals surface area (Å²) in [6, 6.07) is 10.2. The zero-order valence-electron chi connectivity index (χ0n) is 15.8. The Balaban J connectivity index is 2.23. The lowest BCUT2D eigenvalue weighted by Crippen LogP contribution is -2.19. The van der Waals surface area contributed by atoms with E-state index in [-0.39, 0.29) is 0 Å². The van der Waals surface area contributed by atoms with Crippen LogP contribution in [0.3, 0.4) is 0 Å². The van der Waals surface area contributed by atoms with E-state index in [0.29, 0.717) is 12.4 Å². The summed E-state index contributed by atoms with van der Waals surface area (Å²) < 4.78 is 0. The molecule has 0 saturated carbocycles. The Labute approximate surface area is 155 Å². The van der Waals surface area contributed by atoms with E-state index in [9.17, 15) is 0 Å². The molecule has 0 radical (unpaired) electrons. The van der Waals surface area contributed by atoms with Gasteiger partial charge in [-0.15, -0.1) is 0 Å². The normalized spacial score (nSPS) is 12.0. The fourth-order valence-corrected chi connectivity index (χ4v) is 2.29. The van der Waals surface area contributed by atoms with Crippen molar-refractivity contribution in [2.24, 2.45) is 4.99 Å². The van der Waals surface area contributed by atoms with Crippen molar-refractivity contribution in [3.05, 3.63) is 83.9 Å². The maximum absolute atomic E-state index is 4.75. The summed E-state index contributed by atoms with van der Waals surface area (Å²) in [7, 11) is 0. The van der Waals surface area contributed by atoms with Gasteiger partial charge in [-0.3, -0.25) is 5.10 Å². The molecule has 0 unspecified atom stereocenters. The number of nitrogens with one attached hydrogen (secondary N) is 3. The van der Waals surface area contributed by atoms with Crippen LogP contribution in [0.1, 0.15) is 31.4 Å². The number of aromatic nitrogens is 2. The number of hydrogen-bond acceptors (Lipinski definition) is 3. The van der Waals surface area contributed by atoms with Crippen molar-refractivity contribution in [1.29, 1.82) is 0 Å². The number of benzene rings is 1. The van der Waals surface area contributed by atoms with Crippen molar-refractivity contribution >= 4 is 11.7 Å². The summed E-state index contributed by atoms with van der Waals surface area (Å²) in [6.45, 7) is 14.9. The van der Waals surface area contributed by atoms with Gasteiger partial charge < -0.3 is 10.6 Å². The average Bonchev–Trinajstić information content (AvgIpc) is 3.12. The molecule has 0 atom stereocenters. The number of allylic oxidation sites excluding steroid dienone is 1. The van der Waals surface area contributed by atoms with Gasteiger partial charge >= 0.3 is 0 Å². The lowest BCUT2D eigenvalue weighted by atomic mass is 10.1. The summed E-state index contributed by atoms with van der Waals surface area (Å²) in [4.78, 5) is 4.75. The fourth-order valence-electron chi connectivity index (χ4n) is 2.29. The number of hydrogen-bond donors (Lipinski definition) is 3. The molecule has 5 nitrogen and oxygen atoms in total. The predicted octanol–water partition coefficient (Wildman–Crippen LogP) is 4.70. The number of H-pyrrole nitrogens is 1. The minimum absolute atomic E-state index is 0.638. The van der Waals surface area contributed by atoms with E-state index in [0.717, 1.165) is 29.2 Å². The molecule has 2 aromatic rings. The van der Waals surface area contributed by atoms with Gasteiger partial charge in [0.15, 0.2) is 0 Å². The Morgan fingerprint density at radius 2 is 2.04 bits per heavy atom. The Morgan fingerprint density at radius 3 is 2.65 bits per heavy atom. The van der Waals surface area contributed by atoms with Crippen molar-refractivity contribution in [2.45, 2.75) is 33.7 Å². The molecule has 136 valence electrons. The molecule has 1 aromatic carbocycles. The molecule has 0 spiro atoms. The third-order valence-electron chi connectivity index (χ3n) is 3.91. The quantitative estimate of drug-likeness (QED) is 0.368. The highest BCUT2D eigenvalue weighted by Gasteiger charge is 2.09. The van der Waals surface area contributed by atoms with E-state index in [1.54, 1.807) is 6.20 Å². The number of aromatic amines is 1. The van der Waals surface area contributed by atoms with E-state index in [1.807, 2.05) is 25.1 Å². The Kier molecular flexibility index (Phi) is 6.97. The smallest absolute Gasteiger partial charge is 0.140 e. The van der Waals surface area contributed by atoms with Gasteiger partial charge in [-0.25, -0.2) is 4.99 Å². The number of rotatable bonds is 8. The highest BCUT2D eigenvalue weighted by atomic mass is 15.2. The van der Waals surface area contributed by atoms with E-state index in [1.165, 1.54) is 11.1 Å². The predicted molar refractivity (Wildman–Crippen MR) is 110 cm³/mol. The first-order chi connectivity index (χ1) is 12.5. The van der Waals surface area contributed by atoms with Crippen LogP contribution in [0.25, 0.3) is 0 Å². The van der Waals surface area contributed by atoms with Crippen LogP contribution in [0, 0.1) is 6.92 Å². The highest BCUT2D eigenvalue weighted by molar-refractivity contribution is 6.10. The Hall–Kier alpha value is -3.08. The second-order valence-corrected chi connectivity index (χ2v) is 6.09. The van der Waals surface area contributed by atoms with Crippen LogP contribution in [0.5, 0.6) is 0 Å². The van der Waals surface area contributed by atoms with E-state index in [2.05, 4.69) is 66.0 Å². The van der Waals surface area contributed by atoms with E-state index >= 15 is 0 Å². The summed E-state index contributed by atoms with van der Waals surface area (Å²) in [5, 5.41) is 13.5. The summed E-state index contributed by atoms with van der Waals surface area (Å²) in [5.41, 5.74) is 4.10. The van der Waals surface area contributed by atoms with Gasteiger partial charge in [-0.1, -0.05) is 44.3 Å². The van der Waals surface area contributed by atoms with Gasteiger partial charge in [-0.2, -0.15) is 5.10 Å². The number of nitrogens with zero attached hydrogens (tertiary/aromatic N) is 2. The molecular formula is C21H27N5. The van der Waals surface area contributed by atoms with Crippen molar-refractivity contribution in [1.82, 2.24) is 15.5 Å². The fraction of sp³-hybridized carbons (Fsp3) is 0.238. The van der Waals surface area contributed by atoms with Crippen LogP contribution in [0.15, 0.2) is 77.7 Å². The van der Waals surface area contributed by atoms with E-state index in [4.69, 9.17) is 4.99 Å². The van der Waals surface area contributed by atoms with E-state index < -0.39 is 0 Å². The first kappa shape index (κ1) is 19.2. The molecule has 0 saturated heterocycles. The SMILES string of the molecule is C=C(C)C(=C)/C(=N\C(=C\CC)NCc1ccccc1C)Nc1ccn[nH]1. The number of amidine groups is 1. The van der Waals surface area contributed by atoms with Gasteiger partial charge in [-0.05, 0) is 43.0 Å². The molecule has 0 amide bonds. The van der Waals surface area contributed by atoms with Crippen LogP contribution in [-0.2, 0) is 6.54 Å². The van der Waals surface area contributed by atoms with Crippen LogP contribution >= 0.6 is 0 Å². The second-order valence-electron chi connectivity index (χ2n) is 6.09. The topological polar surface area (TPSA) is 65.1 Å². The molecule has 3 N–H and O–H groups in total. The molecular weight excluding hydrogens is 322 g/mol. The van der Waals surface area contributed by atoms with Gasteiger partial charge in [0.05, 0.1) is 6.20 Å². The number of aryl methyl sites for hydroxylation is 1. The van der Waals surface area contributed by atoms with Gasteiger partial charge in [0, 0.05) is 18.2 Å². The first-order valence-corrected chi connectivity index (χ1v) is 8.70. The highest BCUT2D eigenvalue weighted by Crippen LogP contribution is 2.13. The van der Waals surface area contributed by atoms with Gasteiger partial charge in [0.25, 0.3) is 0 Å². The molecule has 1 aromatic heterocycles. The maximum Gasteiger partial charge on any atom is 0.140 e. The van der Waals surface area contributed by atoms with Crippen LogP contribution in [0.4, 0.5) is 5.82 Å². The lowest BCUT2D eigenvalue weighted by Gasteiger charge is -2.14. The average molecular weight is 349 g/mol. The summed E-state index contributed by atoms with van der Waals surface area (Å²) >= 11 is 0. The lowest BCUT2D eigenvalue weighted by molar-refractivity contribution is 0.788. The molecule has 5 heteroatoms. The third-order valence-corrected chi connectivity index (χ3v) is 3.91. The van der Waals surface area contributed by atoms with Gasteiger partial charge in [0.1, 0.15) is 17.5 Å². The Morgan fingerprint density at radius 1 is 1.27 bits per heavy atom. The molecule has 26 heavy (non-hydrogen) atoms. The molecule has 0 bridgehead atoms. The number of anilines is 1. The second kappa shape index (κ2) is 9.42. The van der Waals surface area contributed by atoms with Crippen molar-refractivity contribution < 1.29 is 0 Å². The van der Waals surface area contributed by atoms with Gasteiger partial charge in [0.2, 0.25) is 0 Å². The molecule has 0 aliphatic carbocycles. The Bertz CT molecular complexity index is 813. The maximum atomic E-state index is 4.75. The van der Waals surface area contributed by atoms with Crippen molar-refractivity contribution in [3.63, 3.8) is 0 Å². The first-order valence-electron chi connectivity index (χ1n) is 8.70. The molecule has 0 aliphatic heterocycles. The molecule has 1 heterocycles. The summed E-state index contributed by atoms with van der Waals surface area (Å²) in [5.74, 6) is 2.18. The number of aliphatic imine (C=N–C) groups is 1. The zero-order chi connectivity index (χ0) is 18.9. The van der Waals surface area contributed by atoms with Crippen LogP contribution in [-0.4, -0.2) is 16.0 Å². The minimum atomic E-state index is 0.638. The third kappa shape index (κ3) is 5.48. The monoisotopic (exact) mass is 349 g/mol. The van der Waals surface area contributed by atoms with Crippen molar-refractivity contribution in [3.8, 4) is 0 Å². The van der Waals surface area contributed by atoms with Crippen LogP contribution < -0.4 is 10.6 Å². The molecule has 0 fully saturated rings. The van der Waals surface area contributed by atoms with Crippen molar-refractivity contribution in [2.75, 3.05) is 5.32 Å². The molecule has 0 aliphatic rings. The molecule has 2 rings (SSSR count). The summed E-state index contributed by atoms with van der Waals surface area (Å²) in [6.07, 6.45) is 4.61. The van der Waals surface area contributed by atoms with Crippen LogP contribution in [0.2, 0.25) is 0 Å². The largest absolute Gasteiger partial charge is 0.366 e.